The maximum atomic E-state index is 12.1. The molecule has 0 atom stereocenters. The van der Waals surface area contributed by atoms with E-state index in [2.05, 4.69) is 21.8 Å². The highest BCUT2D eigenvalue weighted by Crippen LogP contribution is 2.24. The maximum Gasteiger partial charge on any atom is 0.192 e. The van der Waals surface area contributed by atoms with Gasteiger partial charge in [0.1, 0.15) is 0 Å². The van der Waals surface area contributed by atoms with E-state index in [-0.39, 0.29) is 5.78 Å². The summed E-state index contributed by atoms with van der Waals surface area (Å²) in [4.78, 5) is 16.9. The van der Waals surface area contributed by atoms with Crippen molar-refractivity contribution in [1.29, 1.82) is 0 Å². The lowest BCUT2D eigenvalue weighted by Crippen LogP contribution is -2.04. The third kappa shape index (κ3) is 3.57. The Hall–Kier alpha value is -2.25. The molecule has 0 aliphatic carbocycles. The van der Waals surface area contributed by atoms with Crippen LogP contribution in [0.3, 0.4) is 0 Å². The van der Waals surface area contributed by atoms with Gasteiger partial charge in [0.15, 0.2) is 16.8 Å². The monoisotopic (exact) mass is 342 g/mol. The second-order valence-corrected chi connectivity index (χ2v) is 6.52. The van der Waals surface area contributed by atoms with E-state index in [1.165, 1.54) is 23.1 Å². The lowest BCUT2D eigenvalue weighted by molar-refractivity contribution is 0.102. The van der Waals surface area contributed by atoms with Gasteiger partial charge in [-0.3, -0.25) is 14.3 Å². The lowest BCUT2D eigenvalue weighted by Gasteiger charge is -2.07. The minimum atomic E-state index is 0.101. The SMILES string of the molecule is C=CCn1c(SCC(=O)c2cccs2)nnc1-c1ccncc1. The number of carbonyl (C=O) groups excluding carboxylic acids is 1. The first-order valence-corrected chi connectivity index (χ1v) is 8.80. The summed E-state index contributed by atoms with van der Waals surface area (Å²) in [6, 6.07) is 7.48. The van der Waals surface area contributed by atoms with E-state index in [0.29, 0.717) is 17.5 Å². The fourth-order valence-electron chi connectivity index (χ4n) is 2.04. The molecule has 0 saturated carbocycles. The smallest absolute Gasteiger partial charge is 0.192 e. The van der Waals surface area contributed by atoms with Crippen LogP contribution in [-0.2, 0) is 6.54 Å². The molecule has 3 heterocycles. The number of allylic oxidation sites excluding steroid dienone is 1. The standard InChI is InChI=1S/C16H14N4OS2/c1-2-9-20-15(12-5-7-17-8-6-12)18-19-16(20)23-11-13(21)14-4-3-10-22-14/h2-8,10H,1,9,11H2. The van der Waals surface area contributed by atoms with Crippen molar-refractivity contribution in [1.82, 2.24) is 19.7 Å². The van der Waals surface area contributed by atoms with E-state index in [0.717, 1.165) is 16.3 Å². The topological polar surface area (TPSA) is 60.7 Å². The molecule has 0 spiro atoms. The summed E-state index contributed by atoms with van der Waals surface area (Å²) in [7, 11) is 0. The van der Waals surface area contributed by atoms with Crippen molar-refractivity contribution in [3.8, 4) is 11.4 Å². The Balaban J connectivity index is 1.81. The van der Waals surface area contributed by atoms with Crippen LogP contribution in [0.2, 0.25) is 0 Å². The first-order valence-electron chi connectivity index (χ1n) is 6.93. The van der Waals surface area contributed by atoms with Gasteiger partial charge in [-0.25, -0.2) is 0 Å². The van der Waals surface area contributed by atoms with Gasteiger partial charge >= 0.3 is 0 Å². The van der Waals surface area contributed by atoms with Gasteiger partial charge in [-0.2, -0.15) is 0 Å². The van der Waals surface area contributed by atoms with Crippen molar-refractivity contribution in [2.45, 2.75) is 11.7 Å². The average Bonchev–Trinajstić information content (AvgIpc) is 3.24. The molecule has 116 valence electrons. The Kier molecular flexibility index (Phi) is 4.99. The predicted octanol–water partition coefficient (Wildman–Crippen LogP) is 3.56. The van der Waals surface area contributed by atoms with Crippen molar-refractivity contribution in [3.05, 3.63) is 59.6 Å². The van der Waals surface area contributed by atoms with Gasteiger partial charge in [-0.1, -0.05) is 23.9 Å². The number of nitrogens with zero attached hydrogens (tertiary/aromatic N) is 4. The normalized spacial score (nSPS) is 10.6. The zero-order valence-electron chi connectivity index (χ0n) is 12.3. The summed E-state index contributed by atoms with van der Waals surface area (Å²) in [6.07, 6.45) is 5.23. The summed E-state index contributed by atoms with van der Waals surface area (Å²) in [5.41, 5.74) is 0.936. The Morgan fingerprint density at radius 3 is 2.83 bits per heavy atom. The third-order valence-electron chi connectivity index (χ3n) is 3.10. The van der Waals surface area contributed by atoms with Gasteiger partial charge in [-0.15, -0.1) is 28.1 Å². The molecule has 3 rings (SSSR count). The van der Waals surface area contributed by atoms with Crippen LogP contribution < -0.4 is 0 Å². The fourth-order valence-corrected chi connectivity index (χ4v) is 3.63. The molecule has 3 aromatic heterocycles. The van der Waals surface area contributed by atoms with Crippen molar-refractivity contribution in [3.63, 3.8) is 0 Å². The van der Waals surface area contributed by atoms with Crippen LogP contribution in [0.4, 0.5) is 0 Å². The van der Waals surface area contributed by atoms with E-state index in [4.69, 9.17) is 0 Å². The molecule has 0 amide bonds. The summed E-state index contributed by atoms with van der Waals surface area (Å²) < 4.78 is 1.95. The molecule has 7 heteroatoms. The number of hydrogen-bond acceptors (Lipinski definition) is 6. The second-order valence-electron chi connectivity index (χ2n) is 4.63. The van der Waals surface area contributed by atoms with E-state index in [1.807, 2.05) is 34.2 Å². The van der Waals surface area contributed by atoms with E-state index < -0.39 is 0 Å². The van der Waals surface area contributed by atoms with Crippen molar-refractivity contribution in [2.24, 2.45) is 0 Å². The highest BCUT2D eigenvalue weighted by Gasteiger charge is 2.15. The van der Waals surface area contributed by atoms with Crippen molar-refractivity contribution in [2.75, 3.05) is 5.75 Å². The molecule has 0 aromatic carbocycles. The molecule has 0 unspecified atom stereocenters. The largest absolute Gasteiger partial charge is 0.298 e. The number of thioether (sulfide) groups is 1. The third-order valence-corrected chi connectivity index (χ3v) is 4.97. The molecule has 0 aliphatic rings. The summed E-state index contributed by atoms with van der Waals surface area (Å²) in [5.74, 6) is 1.19. The Bertz CT molecular complexity index is 797. The zero-order valence-corrected chi connectivity index (χ0v) is 13.9. The van der Waals surface area contributed by atoms with Crippen LogP contribution in [0, 0.1) is 0 Å². The minimum Gasteiger partial charge on any atom is -0.298 e. The molecule has 0 aliphatic heterocycles. The molecule has 0 saturated heterocycles. The van der Waals surface area contributed by atoms with E-state index in [1.54, 1.807) is 18.5 Å². The van der Waals surface area contributed by atoms with Gasteiger partial charge in [0.2, 0.25) is 0 Å². The zero-order chi connectivity index (χ0) is 16.1. The lowest BCUT2D eigenvalue weighted by atomic mass is 10.2. The average molecular weight is 342 g/mol. The predicted molar refractivity (Wildman–Crippen MR) is 92.8 cm³/mol. The minimum absolute atomic E-state index is 0.101. The van der Waals surface area contributed by atoms with Gasteiger partial charge in [0, 0.05) is 24.5 Å². The van der Waals surface area contributed by atoms with Gasteiger partial charge in [0.05, 0.1) is 10.6 Å². The van der Waals surface area contributed by atoms with Crippen molar-refractivity contribution < 1.29 is 4.79 Å². The molecule has 5 nitrogen and oxygen atoms in total. The number of hydrogen-bond donors (Lipinski definition) is 0. The first-order chi connectivity index (χ1) is 11.3. The summed E-state index contributed by atoms with van der Waals surface area (Å²) in [6.45, 7) is 4.37. The van der Waals surface area contributed by atoms with Crippen LogP contribution in [-0.4, -0.2) is 31.3 Å². The Labute approximate surface area is 142 Å². The number of thiophene rings is 1. The van der Waals surface area contributed by atoms with Crippen LogP contribution in [0.1, 0.15) is 9.67 Å². The van der Waals surface area contributed by atoms with Gasteiger partial charge < -0.3 is 0 Å². The quantitative estimate of drug-likeness (QED) is 0.373. The number of aromatic nitrogens is 4. The Morgan fingerprint density at radius 2 is 2.13 bits per heavy atom. The molecule has 23 heavy (non-hydrogen) atoms. The first kappa shape index (κ1) is 15.6. The highest BCUT2D eigenvalue weighted by molar-refractivity contribution is 7.99. The van der Waals surface area contributed by atoms with E-state index in [9.17, 15) is 4.79 Å². The van der Waals surface area contributed by atoms with Crippen LogP contribution in [0.25, 0.3) is 11.4 Å². The molecular formula is C16H14N4OS2. The number of rotatable bonds is 7. The van der Waals surface area contributed by atoms with Crippen molar-refractivity contribution >= 4 is 28.9 Å². The van der Waals surface area contributed by atoms with Crippen LogP contribution in [0.15, 0.2) is 59.9 Å². The maximum absolute atomic E-state index is 12.1. The molecule has 0 N–H and O–H groups in total. The molecule has 3 aromatic rings. The van der Waals surface area contributed by atoms with Gasteiger partial charge in [-0.05, 0) is 23.6 Å². The van der Waals surface area contributed by atoms with E-state index >= 15 is 0 Å². The van der Waals surface area contributed by atoms with Crippen LogP contribution >= 0.6 is 23.1 Å². The number of carbonyl (C=O) groups is 1. The number of ketones is 1. The van der Waals surface area contributed by atoms with Gasteiger partial charge in [0.25, 0.3) is 0 Å². The number of Topliss-reactive ketones (excluding diaryl/α,β-unsaturated/α-hetero) is 1. The molecule has 0 bridgehead atoms. The summed E-state index contributed by atoms with van der Waals surface area (Å²) >= 11 is 2.85. The molecular weight excluding hydrogens is 328 g/mol. The Morgan fingerprint density at radius 1 is 1.30 bits per heavy atom. The summed E-state index contributed by atoms with van der Waals surface area (Å²) in [5, 5.41) is 11.1. The number of pyridine rings is 1. The molecule has 0 radical (unpaired) electrons. The fraction of sp³-hybridized carbons (Fsp3) is 0.125. The second kappa shape index (κ2) is 7.34. The molecule has 0 fully saturated rings. The highest BCUT2D eigenvalue weighted by atomic mass is 32.2. The van der Waals surface area contributed by atoms with Crippen LogP contribution in [0.5, 0.6) is 0 Å².